The lowest BCUT2D eigenvalue weighted by atomic mass is 10.2. The first-order valence-electron chi connectivity index (χ1n) is 5.45. The van der Waals surface area contributed by atoms with E-state index in [0.29, 0.717) is 10.0 Å². The van der Waals surface area contributed by atoms with Crippen molar-refractivity contribution in [3.63, 3.8) is 0 Å². The SMILES string of the molecule is Clc1cc(Br)cc(Cl)c1NCCc1ccccn1. The lowest BCUT2D eigenvalue weighted by Crippen LogP contribution is -2.06. The van der Waals surface area contributed by atoms with E-state index >= 15 is 0 Å². The molecule has 1 aromatic heterocycles. The number of hydrogen-bond donors (Lipinski definition) is 1. The zero-order valence-corrected chi connectivity index (χ0v) is 12.6. The van der Waals surface area contributed by atoms with Gasteiger partial charge in [0.15, 0.2) is 0 Å². The van der Waals surface area contributed by atoms with E-state index in [1.54, 1.807) is 6.20 Å². The molecule has 94 valence electrons. The van der Waals surface area contributed by atoms with E-state index in [9.17, 15) is 0 Å². The third kappa shape index (κ3) is 3.61. The molecule has 18 heavy (non-hydrogen) atoms. The van der Waals surface area contributed by atoms with Crippen LogP contribution in [0.15, 0.2) is 41.0 Å². The van der Waals surface area contributed by atoms with Crippen molar-refractivity contribution in [1.82, 2.24) is 4.98 Å². The molecule has 0 spiro atoms. The van der Waals surface area contributed by atoms with Crippen LogP contribution >= 0.6 is 39.1 Å². The lowest BCUT2D eigenvalue weighted by molar-refractivity contribution is 0.961. The topological polar surface area (TPSA) is 24.9 Å². The molecule has 1 heterocycles. The van der Waals surface area contributed by atoms with Crippen LogP contribution in [0.1, 0.15) is 5.69 Å². The second-order valence-corrected chi connectivity index (χ2v) is 5.47. The third-order valence-electron chi connectivity index (χ3n) is 2.42. The van der Waals surface area contributed by atoms with Crippen LogP contribution in [-0.2, 0) is 6.42 Å². The Bertz CT molecular complexity index is 509. The molecule has 0 amide bonds. The molecule has 0 saturated carbocycles. The molecule has 0 unspecified atom stereocenters. The molecule has 0 aliphatic heterocycles. The first kappa shape index (κ1) is 13.7. The Hall–Kier alpha value is -0.770. The van der Waals surface area contributed by atoms with Gasteiger partial charge in [-0.1, -0.05) is 45.2 Å². The van der Waals surface area contributed by atoms with E-state index in [2.05, 4.69) is 26.2 Å². The van der Waals surface area contributed by atoms with Gasteiger partial charge < -0.3 is 5.32 Å². The van der Waals surface area contributed by atoms with Crippen molar-refractivity contribution in [2.75, 3.05) is 11.9 Å². The van der Waals surface area contributed by atoms with E-state index in [1.807, 2.05) is 30.3 Å². The Morgan fingerprint density at radius 2 is 1.89 bits per heavy atom. The summed E-state index contributed by atoms with van der Waals surface area (Å²) in [4.78, 5) is 4.26. The van der Waals surface area contributed by atoms with Gasteiger partial charge in [-0.3, -0.25) is 4.98 Å². The van der Waals surface area contributed by atoms with Gasteiger partial charge in [-0.25, -0.2) is 0 Å². The smallest absolute Gasteiger partial charge is 0.0719 e. The Kier molecular flexibility index (Phi) is 4.87. The molecular formula is C13H11BrCl2N2. The van der Waals surface area contributed by atoms with Gasteiger partial charge in [0.2, 0.25) is 0 Å². The van der Waals surface area contributed by atoms with Crippen molar-refractivity contribution in [2.24, 2.45) is 0 Å². The molecule has 1 N–H and O–H groups in total. The van der Waals surface area contributed by atoms with Crippen LogP contribution in [0.4, 0.5) is 5.69 Å². The van der Waals surface area contributed by atoms with Gasteiger partial charge in [0.1, 0.15) is 0 Å². The minimum absolute atomic E-state index is 0.607. The number of aromatic nitrogens is 1. The van der Waals surface area contributed by atoms with Crippen molar-refractivity contribution < 1.29 is 0 Å². The largest absolute Gasteiger partial charge is 0.382 e. The highest BCUT2D eigenvalue weighted by Crippen LogP contribution is 2.33. The number of nitrogens with one attached hydrogen (secondary N) is 1. The molecule has 0 fully saturated rings. The molecule has 1 aromatic carbocycles. The summed E-state index contributed by atoms with van der Waals surface area (Å²) < 4.78 is 0.868. The van der Waals surface area contributed by atoms with Crippen LogP contribution in [0.5, 0.6) is 0 Å². The predicted molar refractivity (Wildman–Crippen MR) is 80.6 cm³/mol. The Morgan fingerprint density at radius 1 is 1.17 bits per heavy atom. The summed E-state index contributed by atoms with van der Waals surface area (Å²) in [6, 6.07) is 9.50. The van der Waals surface area contributed by atoms with Crippen molar-refractivity contribution in [3.05, 3.63) is 56.7 Å². The average molecular weight is 346 g/mol. The fourth-order valence-corrected chi connectivity index (χ4v) is 2.91. The fourth-order valence-electron chi connectivity index (χ4n) is 1.57. The van der Waals surface area contributed by atoms with Gasteiger partial charge in [0.05, 0.1) is 15.7 Å². The first-order valence-corrected chi connectivity index (χ1v) is 7.00. The quantitative estimate of drug-likeness (QED) is 0.860. The molecule has 0 radical (unpaired) electrons. The van der Waals surface area contributed by atoms with Gasteiger partial charge in [-0.15, -0.1) is 0 Å². The summed E-state index contributed by atoms with van der Waals surface area (Å²) >= 11 is 15.6. The molecule has 5 heteroatoms. The molecule has 0 aliphatic carbocycles. The molecule has 2 aromatic rings. The third-order valence-corrected chi connectivity index (χ3v) is 3.47. The molecule has 0 aliphatic rings. The predicted octanol–water partition coefficient (Wildman–Crippen LogP) is 4.81. The van der Waals surface area contributed by atoms with Crippen LogP contribution in [0.3, 0.4) is 0 Å². The standard InChI is InChI=1S/C13H11BrCl2N2/c14-9-7-11(15)13(12(16)8-9)18-6-4-10-3-1-2-5-17-10/h1-3,5,7-8,18H,4,6H2. The normalized spacial score (nSPS) is 10.4. The minimum Gasteiger partial charge on any atom is -0.382 e. The Labute approximate surface area is 124 Å². The summed E-state index contributed by atoms with van der Waals surface area (Å²) in [6.07, 6.45) is 2.61. The fraction of sp³-hybridized carbons (Fsp3) is 0.154. The summed E-state index contributed by atoms with van der Waals surface area (Å²) in [6.45, 7) is 0.734. The monoisotopic (exact) mass is 344 g/mol. The van der Waals surface area contributed by atoms with Crippen molar-refractivity contribution in [3.8, 4) is 0 Å². The summed E-state index contributed by atoms with van der Waals surface area (Å²) in [5.74, 6) is 0. The number of pyridine rings is 1. The van der Waals surface area contributed by atoms with Gasteiger partial charge >= 0.3 is 0 Å². The van der Waals surface area contributed by atoms with E-state index in [0.717, 1.165) is 28.8 Å². The van der Waals surface area contributed by atoms with Gasteiger partial charge in [-0.2, -0.15) is 0 Å². The molecule has 0 bridgehead atoms. The molecule has 0 saturated heterocycles. The summed E-state index contributed by atoms with van der Waals surface area (Å²) in [5, 5.41) is 4.45. The average Bonchev–Trinajstić information content (AvgIpc) is 2.34. The second kappa shape index (κ2) is 6.41. The van der Waals surface area contributed by atoms with E-state index in [4.69, 9.17) is 23.2 Å². The summed E-state index contributed by atoms with van der Waals surface area (Å²) in [5.41, 5.74) is 1.80. The van der Waals surface area contributed by atoms with Crippen molar-refractivity contribution in [2.45, 2.75) is 6.42 Å². The highest BCUT2D eigenvalue weighted by molar-refractivity contribution is 9.10. The highest BCUT2D eigenvalue weighted by Gasteiger charge is 2.06. The van der Waals surface area contributed by atoms with Gasteiger partial charge in [0.25, 0.3) is 0 Å². The number of benzene rings is 1. The molecule has 2 nitrogen and oxygen atoms in total. The molecular weight excluding hydrogens is 335 g/mol. The number of rotatable bonds is 4. The first-order chi connectivity index (χ1) is 8.66. The van der Waals surface area contributed by atoms with Crippen LogP contribution in [-0.4, -0.2) is 11.5 Å². The summed E-state index contributed by atoms with van der Waals surface area (Å²) in [7, 11) is 0. The highest BCUT2D eigenvalue weighted by atomic mass is 79.9. The molecule has 0 atom stereocenters. The Morgan fingerprint density at radius 3 is 2.50 bits per heavy atom. The van der Waals surface area contributed by atoms with Crippen molar-refractivity contribution in [1.29, 1.82) is 0 Å². The van der Waals surface area contributed by atoms with Crippen molar-refractivity contribution >= 4 is 44.8 Å². The zero-order valence-electron chi connectivity index (χ0n) is 9.46. The van der Waals surface area contributed by atoms with Crippen LogP contribution in [0, 0.1) is 0 Å². The maximum absolute atomic E-state index is 6.12. The number of anilines is 1. The number of nitrogens with zero attached hydrogens (tertiary/aromatic N) is 1. The van der Waals surface area contributed by atoms with E-state index in [-0.39, 0.29) is 0 Å². The van der Waals surface area contributed by atoms with Crippen LogP contribution in [0.25, 0.3) is 0 Å². The van der Waals surface area contributed by atoms with E-state index in [1.165, 1.54) is 0 Å². The van der Waals surface area contributed by atoms with Crippen LogP contribution in [0.2, 0.25) is 10.0 Å². The maximum Gasteiger partial charge on any atom is 0.0719 e. The maximum atomic E-state index is 6.12. The number of hydrogen-bond acceptors (Lipinski definition) is 2. The zero-order chi connectivity index (χ0) is 13.0. The van der Waals surface area contributed by atoms with Gasteiger partial charge in [0, 0.05) is 29.3 Å². The second-order valence-electron chi connectivity index (χ2n) is 3.74. The minimum atomic E-state index is 0.607. The van der Waals surface area contributed by atoms with E-state index < -0.39 is 0 Å². The van der Waals surface area contributed by atoms with Gasteiger partial charge in [-0.05, 0) is 24.3 Å². The Balaban J connectivity index is 1.99. The molecule has 2 rings (SSSR count). The lowest BCUT2D eigenvalue weighted by Gasteiger charge is -2.10. The number of halogens is 3. The van der Waals surface area contributed by atoms with Crippen LogP contribution < -0.4 is 5.32 Å².